The second kappa shape index (κ2) is 7.39. The average Bonchev–Trinajstić information content (AvgIpc) is 3.03. The molecule has 2 heterocycles. The van der Waals surface area contributed by atoms with Crippen LogP contribution in [0.1, 0.15) is 31.7 Å². The van der Waals surface area contributed by atoms with Gasteiger partial charge in [-0.25, -0.2) is 0 Å². The summed E-state index contributed by atoms with van der Waals surface area (Å²) in [5, 5.41) is 3.54. The molecule has 0 spiro atoms. The number of nitrogens with one attached hydrogen (secondary N) is 1. The predicted molar refractivity (Wildman–Crippen MR) is 86.6 cm³/mol. The molecule has 116 valence electrons. The summed E-state index contributed by atoms with van der Waals surface area (Å²) in [5.74, 6) is 0. The molecule has 0 radical (unpaired) electrons. The van der Waals surface area contributed by atoms with E-state index >= 15 is 0 Å². The Morgan fingerprint density at radius 3 is 2.67 bits per heavy atom. The van der Waals surface area contributed by atoms with Gasteiger partial charge in [-0.05, 0) is 51.3 Å². The Kier molecular flexibility index (Phi) is 5.28. The SMILES string of the molecule is C[C@@H]1CNC[C@H]([C@@H](CCc2ccccc2)N2CCCC2)O1. The maximum Gasteiger partial charge on any atom is 0.0858 e. The molecule has 21 heavy (non-hydrogen) atoms. The number of nitrogens with zero attached hydrogens (tertiary/aromatic N) is 1. The maximum atomic E-state index is 6.25. The zero-order chi connectivity index (χ0) is 14.5. The van der Waals surface area contributed by atoms with E-state index in [1.165, 1.54) is 37.9 Å². The van der Waals surface area contributed by atoms with E-state index in [9.17, 15) is 0 Å². The van der Waals surface area contributed by atoms with Crippen LogP contribution < -0.4 is 5.32 Å². The Morgan fingerprint density at radius 2 is 1.95 bits per heavy atom. The lowest BCUT2D eigenvalue weighted by Gasteiger charge is -2.39. The van der Waals surface area contributed by atoms with Crippen molar-refractivity contribution in [3.63, 3.8) is 0 Å². The van der Waals surface area contributed by atoms with Crippen molar-refractivity contribution in [1.29, 1.82) is 0 Å². The van der Waals surface area contributed by atoms with Gasteiger partial charge in [0.2, 0.25) is 0 Å². The molecule has 0 amide bonds. The van der Waals surface area contributed by atoms with Gasteiger partial charge in [-0.1, -0.05) is 30.3 Å². The van der Waals surface area contributed by atoms with Crippen LogP contribution >= 0.6 is 0 Å². The highest BCUT2D eigenvalue weighted by atomic mass is 16.5. The molecule has 2 saturated heterocycles. The van der Waals surface area contributed by atoms with E-state index in [-0.39, 0.29) is 0 Å². The number of morpholine rings is 1. The molecule has 0 unspecified atom stereocenters. The number of benzene rings is 1. The zero-order valence-electron chi connectivity index (χ0n) is 13.1. The van der Waals surface area contributed by atoms with Crippen molar-refractivity contribution in [2.75, 3.05) is 26.2 Å². The van der Waals surface area contributed by atoms with E-state index in [4.69, 9.17) is 4.74 Å². The molecule has 2 fully saturated rings. The molecule has 3 atom stereocenters. The van der Waals surface area contributed by atoms with Crippen LogP contribution in [0.3, 0.4) is 0 Å². The van der Waals surface area contributed by atoms with Gasteiger partial charge in [-0.3, -0.25) is 4.90 Å². The lowest BCUT2D eigenvalue weighted by molar-refractivity contribution is -0.0695. The molecule has 3 nitrogen and oxygen atoms in total. The largest absolute Gasteiger partial charge is 0.371 e. The van der Waals surface area contributed by atoms with Crippen molar-refractivity contribution in [2.24, 2.45) is 0 Å². The fourth-order valence-corrected chi connectivity index (χ4v) is 3.69. The van der Waals surface area contributed by atoms with Gasteiger partial charge in [0, 0.05) is 19.1 Å². The third-order valence-electron chi connectivity index (χ3n) is 4.79. The lowest BCUT2D eigenvalue weighted by atomic mass is 9.98. The first-order valence-electron chi connectivity index (χ1n) is 8.47. The molecular weight excluding hydrogens is 260 g/mol. The molecule has 0 bridgehead atoms. The highest BCUT2D eigenvalue weighted by Gasteiger charge is 2.32. The zero-order valence-corrected chi connectivity index (χ0v) is 13.1. The Hall–Kier alpha value is -0.900. The van der Waals surface area contributed by atoms with Gasteiger partial charge in [0.1, 0.15) is 0 Å². The summed E-state index contributed by atoms with van der Waals surface area (Å²) in [6.45, 7) is 6.65. The Bertz CT molecular complexity index is 416. The fourth-order valence-electron chi connectivity index (χ4n) is 3.69. The van der Waals surface area contributed by atoms with Crippen LogP contribution in [0.2, 0.25) is 0 Å². The number of aryl methyl sites for hydroxylation is 1. The molecule has 0 aliphatic carbocycles. The lowest BCUT2D eigenvalue weighted by Crippen LogP contribution is -2.54. The van der Waals surface area contributed by atoms with Crippen LogP contribution in [-0.4, -0.2) is 49.3 Å². The molecule has 2 aliphatic heterocycles. The normalized spacial score (nSPS) is 28.6. The van der Waals surface area contributed by atoms with Crippen LogP contribution in [0.25, 0.3) is 0 Å². The van der Waals surface area contributed by atoms with Crippen LogP contribution in [0.5, 0.6) is 0 Å². The smallest absolute Gasteiger partial charge is 0.0858 e. The number of rotatable bonds is 5. The van der Waals surface area contributed by atoms with Crippen LogP contribution in [0.4, 0.5) is 0 Å². The molecule has 3 heteroatoms. The molecule has 1 aromatic carbocycles. The first kappa shape index (κ1) is 15.0. The first-order valence-corrected chi connectivity index (χ1v) is 8.47. The van der Waals surface area contributed by atoms with E-state index in [2.05, 4.69) is 47.5 Å². The second-order valence-corrected chi connectivity index (χ2v) is 6.48. The Balaban J connectivity index is 1.64. The summed E-state index contributed by atoms with van der Waals surface area (Å²) < 4.78 is 6.25. The van der Waals surface area contributed by atoms with Crippen molar-refractivity contribution in [3.05, 3.63) is 35.9 Å². The number of ether oxygens (including phenoxy) is 1. The summed E-state index contributed by atoms with van der Waals surface area (Å²) in [6, 6.07) is 11.4. The van der Waals surface area contributed by atoms with Gasteiger partial charge >= 0.3 is 0 Å². The van der Waals surface area contributed by atoms with Crippen molar-refractivity contribution in [3.8, 4) is 0 Å². The van der Waals surface area contributed by atoms with Crippen LogP contribution in [0.15, 0.2) is 30.3 Å². The Labute approximate surface area is 128 Å². The molecular formula is C18H28N2O. The third-order valence-corrected chi connectivity index (χ3v) is 4.79. The Morgan fingerprint density at radius 1 is 1.19 bits per heavy atom. The summed E-state index contributed by atoms with van der Waals surface area (Å²) in [6.07, 6.45) is 5.72. The van der Waals surface area contributed by atoms with Crippen molar-refractivity contribution >= 4 is 0 Å². The monoisotopic (exact) mass is 288 g/mol. The standard InChI is InChI=1S/C18H28N2O/c1-15-13-19-14-18(21-15)17(20-11-5-6-12-20)10-9-16-7-3-2-4-8-16/h2-4,7-8,15,17-19H,5-6,9-14H2,1H3/t15-,17-,18-/m1/s1. The average molecular weight is 288 g/mol. The van der Waals surface area contributed by atoms with E-state index < -0.39 is 0 Å². The summed E-state index contributed by atoms with van der Waals surface area (Å²) in [4.78, 5) is 2.66. The minimum Gasteiger partial charge on any atom is -0.371 e. The highest BCUT2D eigenvalue weighted by Crippen LogP contribution is 2.22. The fraction of sp³-hybridized carbons (Fsp3) is 0.667. The van der Waals surface area contributed by atoms with Crippen LogP contribution in [-0.2, 0) is 11.2 Å². The maximum absolute atomic E-state index is 6.25. The molecule has 3 rings (SSSR count). The topological polar surface area (TPSA) is 24.5 Å². The molecule has 0 aromatic heterocycles. The summed E-state index contributed by atoms with van der Waals surface area (Å²) >= 11 is 0. The molecule has 0 saturated carbocycles. The van der Waals surface area contributed by atoms with Gasteiger partial charge in [0.05, 0.1) is 12.2 Å². The van der Waals surface area contributed by atoms with Crippen molar-refractivity contribution in [2.45, 2.75) is 50.9 Å². The molecule has 2 aliphatic rings. The van der Waals surface area contributed by atoms with Gasteiger partial charge < -0.3 is 10.1 Å². The number of hydrogen-bond acceptors (Lipinski definition) is 3. The van der Waals surface area contributed by atoms with E-state index in [0.29, 0.717) is 18.2 Å². The minimum absolute atomic E-state index is 0.338. The van der Waals surface area contributed by atoms with Gasteiger partial charge in [-0.15, -0.1) is 0 Å². The third kappa shape index (κ3) is 4.06. The van der Waals surface area contributed by atoms with Crippen molar-refractivity contribution in [1.82, 2.24) is 10.2 Å². The minimum atomic E-state index is 0.338. The van der Waals surface area contributed by atoms with E-state index in [1.54, 1.807) is 0 Å². The van der Waals surface area contributed by atoms with E-state index in [1.807, 2.05) is 0 Å². The predicted octanol–water partition coefficient (Wildman–Crippen LogP) is 2.46. The number of hydrogen-bond donors (Lipinski definition) is 1. The van der Waals surface area contributed by atoms with E-state index in [0.717, 1.165) is 19.5 Å². The van der Waals surface area contributed by atoms with Gasteiger partial charge in [-0.2, -0.15) is 0 Å². The first-order chi connectivity index (χ1) is 10.3. The van der Waals surface area contributed by atoms with Gasteiger partial charge in [0.15, 0.2) is 0 Å². The second-order valence-electron chi connectivity index (χ2n) is 6.48. The molecule has 1 aromatic rings. The highest BCUT2D eigenvalue weighted by molar-refractivity contribution is 5.15. The molecule has 1 N–H and O–H groups in total. The summed E-state index contributed by atoms with van der Waals surface area (Å²) in [7, 11) is 0. The van der Waals surface area contributed by atoms with Gasteiger partial charge in [0.25, 0.3) is 0 Å². The van der Waals surface area contributed by atoms with Crippen molar-refractivity contribution < 1.29 is 4.74 Å². The summed E-state index contributed by atoms with van der Waals surface area (Å²) in [5.41, 5.74) is 1.44. The van der Waals surface area contributed by atoms with Crippen LogP contribution in [0, 0.1) is 0 Å². The quantitative estimate of drug-likeness (QED) is 0.901. The number of likely N-dealkylation sites (tertiary alicyclic amines) is 1.